The topological polar surface area (TPSA) is 272 Å². The van der Waals surface area contributed by atoms with E-state index in [1.54, 1.807) is 56.4 Å². The molecule has 0 aliphatic heterocycles. The summed E-state index contributed by atoms with van der Waals surface area (Å²) in [5, 5.41) is 35.4. The Hall–Kier alpha value is -7.74. The van der Waals surface area contributed by atoms with Crippen LogP contribution < -0.4 is 14.9 Å². The molecule has 6 N–H and O–H groups in total. The summed E-state index contributed by atoms with van der Waals surface area (Å²) in [6.45, 7) is 3.30. The van der Waals surface area contributed by atoms with Crippen molar-refractivity contribution in [3.63, 3.8) is 0 Å². The number of nitriles is 2. The van der Waals surface area contributed by atoms with Crippen molar-refractivity contribution < 1.29 is 54.0 Å². The van der Waals surface area contributed by atoms with Gasteiger partial charge in [0.2, 0.25) is 31.6 Å². The summed E-state index contributed by atoms with van der Waals surface area (Å²) in [5.74, 6) is -7.13. The molecule has 16 nitrogen and oxygen atoms in total. The molecule has 0 radical (unpaired) electrons. The van der Waals surface area contributed by atoms with E-state index >= 15 is 4.39 Å². The first-order chi connectivity index (χ1) is 34.2. The highest BCUT2D eigenvalue weighted by Crippen LogP contribution is 2.31. The number of halogens is 5. The van der Waals surface area contributed by atoms with Gasteiger partial charge in [0.05, 0.1) is 57.3 Å². The molecule has 0 amide bonds. The molecular weight excluding hydrogens is 1050 g/mol. The van der Waals surface area contributed by atoms with Gasteiger partial charge in [0.1, 0.15) is 22.9 Å². The van der Waals surface area contributed by atoms with E-state index in [1.807, 2.05) is 12.1 Å². The Morgan fingerprint density at radius 1 is 0.653 bits per heavy atom. The largest absolute Gasteiger partial charge is 0.488 e. The van der Waals surface area contributed by atoms with Gasteiger partial charge >= 0.3 is 7.12 Å². The number of carbonyl (C=O) groups excluding carboxylic acids is 2. The lowest BCUT2D eigenvalue weighted by Crippen LogP contribution is -2.29. The summed E-state index contributed by atoms with van der Waals surface area (Å²) in [6.07, 6.45) is 6.31. The third-order valence-corrected chi connectivity index (χ3v) is 13.7. The number of nitrogens with zero attached hydrogens (tertiary/aromatic N) is 4. The predicted molar refractivity (Wildman–Crippen MR) is 266 cm³/mol. The standard InChI is InChI=1S/C24H18F2N4O3S.C17H14BrF2N3O3S.C7H6BNO2/c1-2-9-34(32,33)30-20-8-7-19(25)21(22(20)26)23(31)18-13-29-24-17(18)10-16(12-28-24)15-5-3-14(11-27)4-6-15;1-2-5-27(25,26)23-13-4-3-12(19)14(15(13)20)16(24)11-8-22-17-10(11)6-9(18)7-21-17;9-5-6-1-3-7(4-2-6)8(10)11/h3-8,10,12-13,30H,2,9H2,1H3,(H,28,29);3-4,6-8,23H,2,5H2,1H3,(H,21,22);1-4,10-11H. The number of carbonyl (C=O) groups is 2. The van der Waals surface area contributed by atoms with E-state index in [1.165, 1.54) is 42.9 Å². The zero-order valence-electron chi connectivity index (χ0n) is 37.6. The van der Waals surface area contributed by atoms with Crippen molar-refractivity contribution in [3.8, 4) is 23.3 Å². The number of sulfonamides is 2. The Kier molecular flexibility index (Phi) is 17.1. The summed E-state index contributed by atoms with van der Waals surface area (Å²) < 4.78 is 111. The average molecular weight is 1090 g/mol. The molecule has 4 aromatic heterocycles. The summed E-state index contributed by atoms with van der Waals surface area (Å²) in [6, 6.07) is 23.6. The molecule has 0 saturated carbocycles. The Morgan fingerprint density at radius 2 is 1.08 bits per heavy atom. The molecule has 72 heavy (non-hydrogen) atoms. The highest BCUT2D eigenvalue weighted by atomic mass is 79.9. The molecule has 8 aromatic rings. The molecular formula is C48H38BBrF4N8O8S2. The number of anilines is 2. The number of hydrogen-bond acceptors (Lipinski definition) is 12. The van der Waals surface area contributed by atoms with Crippen molar-refractivity contribution >= 4 is 93.6 Å². The van der Waals surface area contributed by atoms with Crippen molar-refractivity contribution in [2.75, 3.05) is 20.9 Å². The summed E-state index contributed by atoms with van der Waals surface area (Å²) in [4.78, 5) is 39.9. The highest BCUT2D eigenvalue weighted by Gasteiger charge is 2.28. The zero-order valence-corrected chi connectivity index (χ0v) is 40.9. The maximum atomic E-state index is 15.1. The number of hydrogen-bond donors (Lipinski definition) is 6. The van der Waals surface area contributed by atoms with E-state index in [2.05, 4.69) is 45.3 Å². The number of aromatic amines is 2. The average Bonchev–Trinajstić information content (AvgIpc) is 3.98. The Labute approximate surface area is 417 Å². The third-order valence-electron chi connectivity index (χ3n) is 10.3. The lowest BCUT2D eigenvalue weighted by atomic mass is 9.80. The maximum Gasteiger partial charge on any atom is 0.488 e. The number of pyridine rings is 2. The lowest BCUT2D eigenvalue weighted by molar-refractivity contribution is 0.102. The van der Waals surface area contributed by atoms with Crippen LogP contribution >= 0.6 is 15.9 Å². The van der Waals surface area contributed by atoms with E-state index in [0.29, 0.717) is 61.5 Å². The van der Waals surface area contributed by atoms with Gasteiger partial charge in [0, 0.05) is 56.7 Å². The van der Waals surface area contributed by atoms with Crippen LogP contribution in [0.25, 0.3) is 33.2 Å². The summed E-state index contributed by atoms with van der Waals surface area (Å²) in [7, 11) is -9.11. The van der Waals surface area contributed by atoms with E-state index in [-0.39, 0.29) is 22.6 Å². The van der Waals surface area contributed by atoms with Crippen molar-refractivity contribution in [1.29, 1.82) is 10.5 Å². The van der Waals surface area contributed by atoms with Crippen LogP contribution in [0.15, 0.2) is 114 Å². The van der Waals surface area contributed by atoms with Gasteiger partial charge in [-0.3, -0.25) is 19.0 Å². The van der Waals surface area contributed by atoms with Gasteiger partial charge in [0.25, 0.3) is 0 Å². The second kappa shape index (κ2) is 23.0. The number of H-pyrrole nitrogens is 2. The van der Waals surface area contributed by atoms with Crippen molar-refractivity contribution in [3.05, 3.63) is 171 Å². The van der Waals surface area contributed by atoms with Gasteiger partial charge in [-0.25, -0.2) is 44.4 Å². The van der Waals surface area contributed by atoms with Crippen LogP contribution in [-0.4, -0.2) is 77.0 Å². The van der Waals surface area contributed by atoms with Crippen LogP contribution in [0.3, 0.4) is 0 Å². The van der Waals surface area contributed by atoms with Crippen LogP contribution in [0.5, 0.6) is 0 Å². The molecule has 0 aliphatic rings. The number of fused-ring (bicyclic) bond motifs is 2. The predicted octanol–water partition coefficient (Wildman–Crippen LogP) is 7.99. The minimum Gasteiger partial charge on any atom is -0.423 e. The second-order valence-electron chi connectivity index (χ2n) is 15.4. The molecule has 0 fully saturated rings. The minimum absolute atomic E-state index is 0.0187. The lowest BCUT2D eigenvalue weighted by Gasteiger charge is -2.11. The molecule has 368 valence electrons. The molecule has 4 aromatic carbocycles. The van der Waals surface area contributed by atoms with Gasteiger partial charge in [-0.15, -0.1) is 0 Å². The van der Waals surface area contributed by atoms with Crippen molar-refractivity contribution in [2.45, 2.75) is 26.7 Å². The Bertz CT molecular complexity index is 3660. The molecule has 4 heterocycles. The summed E-state index contributed by atoms with van der Waals surface area (Å²) >= 11 is 3.23. The molecule has 0 spiro atoms. The smallest absolute Gasteiger partial charge is 0.423 e. The number of rotatable bonds is 14. The molecule has 24 heteroatoms. The van der Waals surface area contributed by atoms with E-state index < -0.39 is 84.5 Å². The van der Waals surface area contributed by atoms with Gasteiger partial charge in [-0.2, -0.15) is 10.5 Å². The fourth-order valence-corrected chi connectivity index (χ4v) is 9.50. The molecule has 0 aliphatic carbocycles. The van der Waals surface area contributed by atoms with Crippen LogP contribution in [0.4, 0.5) is 28.9 Å². The van der Waals surface area contributed by atoms with Gasteiger partial charge in [0.15, 0.2) is 11.6 Å². The van der Waals surface area contributed by atoms with Crippen LogP contribution in [0, 0.1) is 45.9 Å². The van der Waals surface area contributed by atoms with E-state index in [9.17, 15) is 39.6 Å². The molecule has 0 bridgehead atoms. The highest BCUT2D eigenvalue weighted by molar-refractivity contribution is 9.10. The van der Waals surface area contributed by atoms with E-state index in [0.717, 1.165) is 29.8 Å². The normalized spacial score (nSPS) is 11.1. The molecule has 0 saturated heterocycles. The summed E-state index contributed by atoms with van der Waals surface area (Å²) in [5.41, 5.74) is 0.758. The monoisotopic (exact) mass is 1080 g/mol. The van der Waals surface area contributed by atoms with Gasteiger partial charge in [-0.05, 0) is 100 Å². The zero-order chi connectivity index (χ0) is 52.5. The molecule has 0 atom stereocenters. The molecule has 0 unspecified atom stereocenters. The quantitative estimate of drug-likeness (QED) is 0.0344. The van der Waals surface area contributed by atoms with Crippen LogP contribution in [0.1, 0.15) is 69.7 Å². The fourth-order valence-electron chi connectivity index (χ4n) is 6.90. The number of aromatic nitrogens is 4. The fraction of sp³-hybridized carbons (Fsp3) is 0.125. The Balaban J connectivity index is 0.000000198. The first-order valence-corrected chi connectivity index (χ1v) is 25.3. The number of benzene rings is 4. The number of ketones is 2. The van der Waals surface area contributed by atoms with E-state index in [4.69, 9.17) is 20.6 Å². The van der Waals surface area contributed by atoms with Gasteiger partial charge in [-0.1, -0.05) is 38.1 Å². The minimum atomic E-state index is -3.85. The molecule has 8 rings (SSSR count). The SMILES string of the molecule is CCCS(=O)(=O)Nc1ccc(F)c(C(=O)c2c[nH]c3ncc(-c4ccc(C#N)cc4)cc23)c1F.CCCS(=O)(=O)Nc1ccc(F)c(C(=O)c2c[nH]c3ncc(Br)cc23)c1F.N#Cc1ccc(B(O)O)cc1. The Morgan fingerprint density at radius 3 is 1.51 bits per heavy atom. The second-order valence-corrected chi connectivity index (χ2v) is 20.0. The number of nitrogens with one attached hydrogen (secondary N) is 4. The maximum absolute atomic E-state index is 15.1. The first kappa shape index (κ1) is 53.6. The van der Waals surface area contributed by atoms with Crippen molar-refractivity contribution in [1.82, 2.24) is 19.9 Å². The third kappa shape index (κ3) is 12.6. The van der Waals surface area contributed by atoms with Crippen LogP contribution in [0.2, 0.25) is 0 Å². The van der Waals surface area contributed by atoms with Crippen molar-refractivity contribution in [2.24, 2.45) is 0 Å². The van der Waals surface area contributed by atoms with Gasteiger partial charge < -0.3 is 20.0 Å². The first-order valence-electron chi connectivity index (χ1n) is 21.2. The van der Waals surface area contributed by atoms with Crippen LogP contribution in [-0.2, 0) is 20.0 Å².